The van der Waals surface area contributed by atoms with Gasteiger partial charge >= 0.3 is 0 Å². The molecule has 0 aromatic heterocycles. The van der Waals surface area contributed by atoms with E-state index in [2.05, 4.69) is 9.44 Å². The first-order valence-corrected chi connectivity index (χ1v) is 12.1. The Hall–Kier alpha value is -3.04. The van der Waals surface area contributed by atoms with E-state index in [1.54, 1.807) is 36.4 Å². The summed E-state index contributed by atoms with van der Waals surface area (Å²) in [5, 5.41) is 0. The van der Waals surface area contributed by atoms with Gasteiger partial charge in [0, 0.05) is 5.69 Å². The second-order valence-corrected chi connectivity index (χ2v) is 9.80. The Balaban J connectivity index is 1.78. The summed E-state index contributed by atoms with van der Waals surface area (Å²) in [4.78, 5) is 0.123. The minimum Gasteiger partial charge on any atom is -0.495 e. The van der Waals surface area contributed by atoms with E-state index in [9.17, 15) is 16.8 Å². The van der Waals surface area contributed by atoms with E-state index >= 15 is 0 Å². The lowest BCUT2D eigenvalue weighted by atomic mass is 10.2. The molecular formula is C21H22N2O5S2. The van der Waals surface area contributed by atoms with Gasteiger partial charge in [0.05, 0.1) is 22.6 Å². The Morgan fingerprint density at radius 3 is 1.83 bits per heavy atom. The number of hydrogen-bond donors (Lipinski definition) is 2. The lowest BCUT2D eigenvalue weighted by molar-refractivity contribution is 0.417. The molecule has 3 rings (SSSR count). The quantitative estimate of drug-likeness (QED) is 0.547. The maximum atomic E-state index is 12.6. The Kier molecular flexibility index (Phi) is 6.33. The van der Waals surface area contributed by atoms with Gasteiger partial charge < -0.3 is 4.74 Å². The lowest BCUT2D eigenvalue weighted by Gasteiger charge is -2.12. The van der Waals surface area contributed by atoms with Crippen LogP contribution in [0.5, 0.6) is 5.75 Å². The molecule has 0 spiro atoms. The van der Waals surface area contributed by atoms with E-state index in [1.165, 1.54) is 43.5 Å². The van der Waals surface area contributed by atoms with Crippen molar-refractivity contribution in [1.29, 1.82) is 0 Å². The molecule has 0 amide bonds. The molecule has 0 fully saturated rings. The molecule has 0 unspecified atom stereocenters. The number of nitrogens with one attached hydrogen (secondary N) is 2. The van der Waals surface area contributed by atoms with Gasteiger partial charge in [0.1, 0.15) is 5.75 Å². The van der Waals surface area contributed by atoms with Gasteiger partial charge in [0.15, 0.2) is 0 Å². The molecule has 3 aromatic carbocycles. The molecule has 0 aliphatic rings. The molecule has 9 heteroatoms. The first-order valence-electron chi connectivity index (χ1n) is 9.13. The summed E-state index contributed by atoms with van der Waals surface area (Å²) in [6.45, 7) is 1.99. The van der Waals surface area contributed by atoms with E-state index in [0.717, 1.165) is 12.0 Å². The van der Waals surface area contributed by atoms with Crippen molar-refractivity contribution < 1.29 is 21.6 Å². The number of benzene rings is 3. The zero-order valence-electron chi connectivity index (χ0n) is 16.5. The Labute approximate surface area is 176 Å². The molecule has 0 saturated heterocycles. The van der Waals surface area contributed by atoms with Crippen LogP contribution in [0.4, 0.5) is 11.4 Å². The van der Waals surface area contributed by atoms with Gasteiger partial charge in [-0.1, -0.05) is 31.2 Å². The molecule has 0 aliphatic heterocycles. The number of ether oxygens (including phenoxy) is 1. The summed E-state index contributed by atoms with van der Waals surface area (Å²) in [6, 6.07) is 18.7. The average molecular weight is 447 g/mol. The molecule has 0 heterocycles. The second kappa shape index (κ2) is 8.76. The highest BCUT2D eigenvalue weighted by Crippen LogP contribution is 2.27. The molecule has 0 saturated carbocycles. The zero-order chi connectivity index (χ0) is 21.8. The lowest BCUT2D eigenvalue weighted by Crippen LogP contribution is -2.15. The first kappa shape index (κ1) is 21.7. The fourth-order valence-corrected chi connectivity index (χ4v) is 4.88. The summed E-state index contributed by atoms with van der Waals surface area (Å²) < 4.78 is 60.4. The predicted molar refractivity (Wildman–Crippen MR) is 117 cm³/mol. The average Bonchev–Trinajstić information content (AvgIpc) is 2.74. The maximum absolute atomic E-state index is 12.6. The minimum atomic E-state index is -3.87. The summed E-state index contributed by atoms with van der Waals surface area (Å²) in [5.74, 6) is 0.388. The highest BCUT2D eigenvalue weighted by atomic mass is 32.2. The zero-order valence-corrected chi connectivity index (χ0v) is 18.1. The molecule has 3 aromatic rings. The van der Waals surface area contributed by atoms with Gasteiger partial charge in [-0.3, -0.25) is 9.44 Å². The number of sulfonamides is 2. The number of aryl methyl sites for hydroxylation is 1. The smallest absolute Gasteiger partial charge is 0.262 e. The van der Waals surface area contributed by atoms with E-state index in [0.29, 0.717) is 11.4 Å². The Morgan fingerprint density at radius 2 is 1.27 bits per heavy atom. The topological polar surface area (TPSA) is 102 Å². The van der Waals surface area contributed by atoms with E-state index in [4.69, 9.17) is 4.74 Å². The number of hydrogen-bond acceptors (Lipinski definition) is 5. The molecule has 0 radical (unpaired) electrons. The second-order valence-electron chi connectivity index (χ2n) is 6.43. The van der Waals surface area contributed by atoms with Crippen molar-refractivity contribution in [1.82, 2.24) is 0 Å². The van der Waals surface area contributed by atoms with Gasteiger partial charge in [-0.25, -0.2) is 16.8 Å². The summed E-state index contributed by atoms with van der Waals surface area (Å²) in [6.07, 6.45) is 0.812. The monoisotopic (exact) mass is 446 g/mol. The van der Waals surface area contributed by atoms with Crippen LogP contribution in [0.3, 0.4) is 0 Å². The van der Waals surface area contributed by atoms with Crippen LogP contribution in [-0.4, -0.2) is 23.9 Å². The SMILES string of the molecule is CCc1ccc(S(=O)(=O)Nc2ccc(S(=O)(=O)Nc3ccccc3OC)cc2)cc1. The van der Waals surface area contributed by atoms with Gasteiger partial charge in [0.25, 0.3) is 20.0 Å². The first-order chi connectivity index (χ1) is 14.2. The van der Waals surface area contributed by atoms with Crippen LogP contribution in [0, 0.1) is 0 Å². The number of para-hydroxylation sites is 2. The number of methoxy groups -OCH3 is 1. The van der Waals surface area contributed by atoms with Gasteiger partial charge in [-0.05, 0) is 60.5 Å². The highest BCUT2D eigenvalue weighted by Gasteiger charge is 2.18. The standard InChI is InChI=1S/C21H22N2O5S2/c1-3-16-8-12-18(13-9-16)29(24,25)22-17-10-14-19(15-11-17)30(26,27)23-20-6-4-5-7-21(20)28-2/h4-15,22-23H,3H2,1-2H3. The third-order valence-corrected chi connectivity index (χ3v) is 7.19. The molecule has 2 N–H and O–H groups in total. The van der Waals surface area contributed by atoms with Crippen LogP contribution >= 0.6 is 0 Å². The van der Waals surface area contributed by atoms with E-state index < -0.39 is 20.0 Å². The van der Waals surface area contributed by atoms with Gasteiger partial charge in [-0.15, -0.1) is 0 Å². The van der Waals surface area contributed by atoms with Crippen LogP contribution in [0.2, 0.25) is 0 Å². The maximum Gasteiger partial charge on any atom is 0.262 e. The number of anilines is 2. The van der Waals surface area contributed by atoms with Gasteiger partial charge in [-0.2, -0.15) is 0 Å². The Morgan fingerprint density at radius 1 is 0.733 bits per heavy atom. The van der Waals surface area contributed by atoms with Crippen molar-refractivity contribution in [2.75, 3.05) is 16.6 Å². The van der Waals surface area contributed by atoms with Crippen LogP contribution < -0.4 is 14.2 Å². The Bertz CT molecular complexity index is 1220. The third kappa shape index (κ3) is 4.92. The summed E-state index contributed by atoms with van der Waals surface area (Å²) in [7, 11) is -6.20. The largest absolute Gasteiger partial charge is 0.495 e. The van der Waals surface area contributed by atoms with Crippen LogP contribution in [0.1, 0.15) is 12.5 Å². The van der Waals surface area contributed by atoms with Crippen molar-refractivity contribution in [2.45, 2.75) is 23.1 Å². The molecule has 0 atom stereocenters. The predicted octanol–water partition coefficient (Wildman–Crippen LogP) is 3.86. The van der Waals surface area contributed by atoms with E-state index in [-0.39, 0.29) is 15.5 Å². The van der Waals surface area contributed by atoms with Crippen molar-refractivity contribution >= 4 is 31.4 Å². The highest BCUT2D eigenvalue weighted by molar-refractivity contribution is 7.93. The molecule has 7 nitrogen and oxygen atoms in total. The van der Waals surface area contributed by atoms with Crippen molar-refractivity contribution in [3.05, 3.63) is 78.4 Å². The summed E-state index contributed by atoms with van der Waals surface area (Å²) in [5.41, 5.74) is 1.59. The van der Waals surface area contributed by atoms with Crippen LogP contribution in [0.25, 0.3) is 0 Å². The van der Waals surface area contributed by atoms with Gasteiger partial charge in [0.2, 0.25) is 0 Å². The summed E-state index contributed by atoms with van der Waals surface area (Å²) >= 11 is 0. The van der Waals surface area contributed by atoms with Crippen molar-refractivity contribution in [2.24, 2.45) is 0 Å². The van der Waals surface area contributed by atoms with Crippen LogP contribution in [0.15, 0.2) is 82.6 Å². The molecule has 30 heavy (non-hydrogen) atoms. The van der Waals surface area contributed by atoms with Crippen molar-refractivity contribution in [3.63, 3.8) is 0 Å². The molecule has 0 bridgehead atoms. The van der Waals surface area contributed by atoms with E-state index in [1.807, 2.05) is 6.92 Å². The molecular weight excluding hydrogens is 424 g/mol. The fourth-order valence-electron chi connectivity index (χ4n) is 2.75. The minimum absolute atomic E-state index is 0.0105. The van der Waals surface area contributed by atoms with Crippen LogP contribution in [-0.2, 0) is 26.5 Å². The third-order valence-electron chi connectivity index (χ3n) is 4.41. The molecule has 158 valence electrons. The number of rotatable bonds is 8. The molecule has 0 aliphatic carbocycles. The van der Waals surface area contributed by atoms with Crippen molar-refractivity contribution in [3.8, 4) is 5.75 Å². The normalized spacial score (nSPS) is 11.7. The fraction of sp³-hybridized carbons (Fsp3) is 0.143.